The highest BCUT2D eigenvalue weighted by Gasteiger charge is 2.14. The molecule has 2 nitrogen and oxygen atoms in total. The van der Waals surface area contributed by atoms with Gasteiger partial charge in [-0.05, 0) is 32.1 Å². The summed E-state index contributed by atoms with van der Waals surface area (Å²) in [6.45, 7) is 7.46. The van der Waals surface area contributed by atoms with Crippen LogP contribution in [0.3, 0.4) is 0 Å². The van der Waals surface area contributed by atoms with Crippen molar-refractivity contribution < 1.29 is 9.59 Å². The summed E-state index contributed by atoms with van der Waals surface area (Å²) in [4.78, 5) is 21.8. The van der Waals surface area contributed by atoms with Gasteiger partial charge in [-0.1, -0.05) is 20.3 Å². The summed E-state index contributed by atoms with van der Waals surface area (Å²) in [6, 6.07) is 0. The third-order valence-electron chi connectivity index (χ3n) is 2.53. The third-order valence-corrected chi connectivity index (χ3v) is 2.53. The van der Waals surface area contributed by atoms with Gasteiger partial charge in [0, 0.05) is 12.8 Å². The van der Waals surface area contributed by atoms with Gasteiger partial charge in [0.2, 0.25) is 0 Å². The van der Waals surface area contributed by atoms with E-state index in [4.69, 9.17) is 0 Å². The summed E-state index contributed by atoms with van der Waals surface area (Å²) >= 11 is 0. The molecule has 0 saturated carbocycles. The van der Waals surface area contributed by atoms with Gasteiger partial charge in [0.15, 0.2) is 0 Å². The number of hydrogen-bond acceptors (Lipinski definition) is 2. The molecule has 0 rings (SSSR count). The van der Waals surface area contributed by atoms with Crippen LogP contribution < -0.4 is 0 Å². The first-order valence-corrected chi connectivity index (χ1v) is 5.44. The van der Waals surface area contributed by atoms with E-state index in [1.165, 1.54) is 0 Å². The van der Waals surface area contributed by atoms with Crippen molar-refractivity contribution in [3.8, 4) is 0 Å². The molecule has 0 N–H and O–H groups in total. The first-order valence-electron chi connectivity index (χ1n) is 5.44. The normalized spacial score (nSPS) is 14.9. The lowest BCUT2D eigenvalue weighted by Crippen LogP contribution is -2.11. The van der Waals surface area contributed by atoms with Crippen LogP contribution in [0.1, 0.15) is 53.4 Å². The average Bonchev–Trinajstić information content (AvgIpc) is 2.00. The van der Waals surface area contributed by atoms with Crippen molar-refractivity contribution in [2.45, 2.75) is 53.4 Å². The van der Waals surface area contributed by atoms with Crippen molar-refractivity contribution in [2.24, 2.45) is 11.8 Å². The van der Waals surface area contributed by atoms with Crippen LogP contribution in [0, 0.1) is 11.8 Å². The first-order chi connectivity index (χ1) is 6.45. The lowest BCUT2D eigenvalue weighted by molar-refractivity contribution is -0.118. The molecule has 0 aromatic rings. The molecular formula is C12H22O2. The zero-order chi connectivity index (χ0) is 11.1. The summed E-state index contributed by atoms with van der Waals surface area (Å²) in [7, 11) is 0. The van der Waals surface area contributed by atoms with E-state index < -0.39 is 0 Å². The molecule has 0 fully saturated rings. The van der Waals surface area contributed by atoms with Crippen molar-refractivity contribution in [3.63, 3.8) is 0 Å². The fourth-order valence-corrected chi connectivity index (χ4v) is 1.94. The molecule has 0 amide bonds. The van der Waals surface area contributed by atoms with E-state index >= 15 is 0 Å². The molecular weight excluding hydrogens is 176 g/mol. The maximum atomic E-state index is 10.9. The van der Waals surface area contributed by atoms with E-state index in [0.29, 0.717) is 24.7 Å². The quantitative estimate of drug-likeness (QED) is 0.630. The Labute approximate surface area is 87.1 Å². The van der Waals surface area contributed by atoms with Gasteiger partial charge < -0.3 is 9.59 Å². The Hall–Kier alpha value is -0.660. The van der Waals surface area contributed by atoms with Crippen LogP contribution in [0.25, 0.3) is 0 Å². The van der Waals surface area contributed by atoms with Crippen molar-refractivity contribution in [2.75, 3.05) is 0 Å². The Kier molecular flexibility index (Phi) is 6.43. The van der Waals surface area contributed by atoms with Crippen molar-refractivity contribution in [1.29, 1.82) is 0 Å². The van der Waals surface area contributed by atoms with Crippen LogP contribution in [-0.2, 0) is 9.59 Å². The lowest BCUT2D eigenvalue weighted by atomic mass is 9.88. The standard InChI is InChI=1S/C12H22O2/c1-5-12(8-11(4)14)7-9(2)6-10(3)13/h9,12H,5-8H2,1-4H3. The number of hydrogen-bond donors (Lipinski definition) is 0. The molecule has 82 valence electrons. The Morgan fingerprint density at radius 3 is 1.93 bits per heavy atom. The fraction of sp³-hybridized carbons (Fsp3) is 0.833. The molecule has 0 aliphatic carbocycles. The van der Waals surface area contributed by atoms with Gasteiger partial charge >= 0.3 is 0 Å². The van der Waals surface area contributed by atoms with Gasteiger partial charge in [-0.15, -0.1) is 0 Å². The number of ketones is 2. The molecule has 0 aliphatic rings. The van der Waals surface area contributed by atoms with Gasteiger partial charge in [0.25, 0.3) is 0 Å². The predicted molar refractivity (Wildman–Crippen MR) is 58.2 cm³/mol. The lowest BCUT2D eigenvalue weighted by Gasteiger charge is -2.17. The van der Waals surface area contributed by atoms with Gasteiger partial charge in [0.1, 0.15) is 11.6 Å². The van der Waals surface area contributed by atoms with E-state index in [1.54, 1.807) is 13.8 Å². The number of rotatable bonds is 7. The van der Waals surface area contributed by atoms with Crippen LogP contribution in [-0.4, -0.2) is 11.6 Å². The summed E-state index contributed by atoms with van der Waals surface area (Å²) in [5.41, 5.74) is 0. The first kappa shape index (κ1) is 13.3. The maximum Gasteiger partial charge on any atom is 0.130 e. The second kappa shape index (κ2) is 6.74. The molecule has 0 radical (unpaired) electrons. The van der Waals surface area contributed by atoms with Crippen molar-refractivity contribution in [3.05, 3.63) is 0 Å². The molecule has 14 heavy (non-hydrogen) atoms. The highest BCUT2D eigenvalue weighted by Crippen LogP contribution is 2.21. The van der Waals surface area contributed by atoms with Gasteiger partial charge in [0.05, 0.1) is 0 Å². The minimum absolute atomic E-state index is 0.246. The Morgan fingerprint density at radius 2 is 1.57 bits per heavy atom. The zero-order valence-electron chi connectivity index (χ0n) is 9.80. The Bertz CT molecular complexity index is 196. The summed E-state index contributed by atoms with van der Waals surface area (Å²) in [5.74, 6) is 1.38. The molecule has 0 aromatic carbocycles. The van der Waals surface area contributed by atoms with Crippen LogP contribution in [0.5, 0.6) is 0 Å². The van der Waals surface area contributed by atoms with Crippen LogP contribution in [0.15, 0.2) is 0 Å². The number of carbonyl (C=O) groups is 2. The van der Waals surface area contributed by atoms with E-state index in [0.717, 1.165) is 12.8 Å². The van der Waals surface area contributed by atoms with Gasteiger partial charge in [-0.3, -0.25) is 0 Å². The van der Waals surface area contributed by atoms with Crippen LogP contribution >= 0.6 is 0 Å². The summed E-state index contributed by atoms with van der Waals surface area (Å²) in [5, 5.41) is 0. The largest absolute Gasteiger partial charge is 0.300 e. The minimum atomic E-state index is 0.246. The Balaban J connectivity index is 3.91. The Morgan fingerprint density at radius 1 is 1.07 bits per heavy atom. The minimum Gasteiger partial charge on any atom is -0.300 e. The van der Waals surface area contributed by atoms with Crippen LogP contribution in [0.2, 0.25) is 0 Å². The van der Waals surface area contributed by atoms with E-state index in [2.05, 4.69) is 13.8 Å². The maximum absolute atomic E-state index is 10.9. The molecule has 2 heteroatoms. The molecule has 2 atom stereocenters. The molecule has 0 saturated heterocycles. The van der Waals surface area contributed by atoms with E-state index in [1.807, 2.05) is 0 Å². The van der Waals surface area contributed by atoms with Crippen molar-refractivity contribution >= 4 is 11.6 Å². The number of Topliss-reactive ketones (excluding diaryl/α,β-unsaturated/α-hetero) is 2. The SMILES string of the molecule is CCC(CC(C)=O)CC(C)CC(C)=O. The van der Waals surface area contributed by atoms with Crippen molar-refractivity contribution in [1.82, 2.24) is 0 Å². The molecule has 0 aliphatic heterocycles. The summed E-state index contributed by atoms with van der Waals surface area (Å²) < 4.78 is 0. The molecule has 2 unspecified atom stereocenters. The van der Waals surface area contributed by atoms with Gasteiger partial charge in [-0.25, -0.2) is 0 Å². The zero-order valence-corrected chi connectivity index (χ0v) is 9.80. The molecule has 0 spiro atoms. The van der Waals surface area contributed by atoms with Gasteiger partial charge in [-0.2, -0.15) is 0 Å². The monoisotopic (exact) mass is 198 g/mol. The third kappa shape index (κ3) is 6.81. The highest BCUT2D eigenvalue weighted by molar-refractivity contribution is 5.76. The molecule has 0 heterocycles. The molecule has 0 bridgehead atoms. The highest BCUT2D eigenvalue weighted by atomic mass is 16.1. The average molecular weight is 198 g/mol. The second-order valence-corrected chi connectivity index (χ2v) is 4.43. The smallest absolute Gasteiger partial charge is 0.130 e. The predicted octanol–water partition coefficient (Wildman–Crippen LogP) is 3.00. The summed E-state index contributed by atoms with van der Waals surface area (Å²) in [6.07, 6.45) is 3.34. The molecule has 0 aromatic heterocycles. The second-order valence-electron chi connectivity index (χ2n) is 4.43. The van der Waals surface area contributed by atoms with E-state index in [9.17, 15) is 9.59 Å². The van der Waals surface area contributed by atoms with Crippen LogP contribution in [0.4, 0.5) is 0 Å². The van der Waals surface area contributed by atoms with E-state index in [-0.39, 0.29) is 11.6 Å². The fourth-order valence-electron chi connectivity index (χ4n) is 1.94. The topological polar surface area (TPSA) is 34.1 Å². The number of carbonyl (C=O) groups excluding carboxylic acids is 2.